The van der Waals surface area contributed by atoms with Crippen molar-refractivity contribution in [3.8, 4) is 0 Å². The molecule has 0 amide bonds. The van der Waals surface area contributed by atoms with Crippen molar-refractivity contribution in [1.29, 1.82) is 0 Å². The number of pyridine rings is 1. The standard InChI is InChI=1S/C11H18N4O/c12-8-1-2-9(15-10(8)13)14-7-11(3-4-11)5-6-16/h1-2,16H,3-7,12H2,(H3,13,14,15). The Labute approximate surface area is 94.9 Å². The van der Waals surface area contributed by atoms with E-state index in [2.05, 4.69) is 10.3 Å². The van der Waals surface area contributed by atoms with Crippen molar-refractivity contribution in [1.82, 2.24) is 4.98 Å². The van der Waals surface area contributed by atoms with Crippen LogP contribution >= 0.6 is 0 Å². The molecule has 16 heavy (non-hydrogen) atoms. The van der Waals surface area contributed by atoms with E-state index in [-0.39, 0.29) is 12.0 Å². The van der Waals surface area contributed by atoms with Crippen LogP contribution in [0.2, 0.25) is 0 Å². The Kier molecular flexibility index (Phi) is 2.87. The maximum atomic E-state index is 8.94. The zero-order chi connectivity index (χ0) is 11.6. The maximum absolute atomic E-state index is 8.94. The summed E-state index contributed by atoms with van der Waals surface area (Å²) in [5, 5.41) is 12.2. The Bertz CT molecular complexity index is 376. The van der Waals surface area contributed by atoms with Gasteiger partial charge in [-0.1, -0.05) is 0 Å². The fourth-order valence-corrected chi connectivity index (χ4v) is 1.79. The molecule has 2 rings (SSSR count). The first-order chi connectivity index (χ1) is 7.65. The summed E-state index contributed by atoms with van der Waals surface area (Å²) in [4.78, 5) is 4.14. The van der Waals surface area contributed by atoms with Crippen LogP contribution in [0, 0.1) is 5.41 Å². The molecule has 1 aromatic rings. The number of hydrogen-bond acceptors (Lipinski definition) is 5. The molecule has 1 aliphatic carbocycles. The Morgan fingerprint density at radius 1 is 1.38 bits per heavy atom. The topological polar surface area (TPSA) is 97.2 Å². The lowest BCUT2D eigenvalue weighted by Gasteiger charge is -2.15. The van der Waals surface area contributed by atoms with Gasteiger partial charge in [0.25, 0.3) is 0 Å². The fraction of sp³-hybridized carbons (Fsp3) is 0.545. The molecule has 0 aromatic carbocycles. The number of nitrogens with one attached hydrogen (secondary N) is 1. The van der Waals surface area contributed by atoms with Gasteiger partial charge in [0.2, 0.25) is 0 Å². The van der Waals surface area contributed by atoms with Crippen molar-refractivity contribution in [2.45, 2.75) is 19.3 Å². The number of aliphatic hydroxyl groups excluding tert-OH is 1. The van der Waals surface area contributed by atoms with Crippen LogP contribution in [0.4, 0.5) is 17.3 Å². The number of anilines is 3. The van der Waals surface area contributed by atoms with Gasteiger partial charge < -0.3 is 21.9 Å². The minimum atomic E-state index is 0.249. The Morgan fingerprint density at radius 3 is 2.69 bits per heavy atom. The first kappa shape index (κ1) is 11.0. The van der Waals surface area contributed by atoms with E-state index in [1.165, 1.54) is 12.8 Å². The first-order valence-corrected chi connectivity index (χ1v) is 5.52. The normalized spacial score (nSPS) is 17.1. The summed E-state index contributed by atoms with van der Waals surface area (Å²) in [7, 11) is 0. The van der Waals surface area contributed by atoms with Gasteiger partial charge in [0.1, 0.15) is 11.6 Å². The van der Waals surface area contributed by atoms with Crippen molar-refractivity contribution >= 4 is 17.3 Å². The minimum Gasteiger partial charge on any atom is -0.396 e. The number of rotatable bonds is 5. The van der Waals surface area contributed by atoms with Gasteiger partial charge in [-0.15, -0.1) is 0 Å². The highest BCUT2D eigenvalue weighted by atomic mass is 16.3. The fourth-order valence-electron chi connectivity index (χ4n) is 1.79. The quantitative estimate of drug-likeness (QED) is 0.591. The summed E-state index contributed by atoms with van der Waals surface area (Å²) in [5.74, 6) is 1.10. The lowest BCUT2D eigenvalue weighted by Crippen LogP contribution is -2.17. The highest BCUT2D eigenvalue weighted by Crippen LogP contribution is 2.48. The molecule has 0 radical (unpaired) electrons. The number of aromatic nitrogens is 1. The average molecular weight is 222 g/mol. The molecule has 0 saturated heterocycles. The van der Waals surface area contributed by atoms with Crippen molar-refractivity contribution in [2.75, 3.05) is 29.9 Å². The second kappa shape index (κ2) is 4.17. The largest absolute Gasteiger partial charge is 0.396 e. The molecular formula is C11H18N4O. The van der Waals surface area contributed by atoms with Crippen molar-refractivity contribution in [3.63, 3.8) is 0 Å². The van der Waals surface area contributed by atoms with Gasteiger partial charge in [-0.2, -0.15) is 0 Å². The van der Waals surface area contributed by atoms with Crippen LogP contribution in [0.3, 0.4) is 0 Å². The summed E-state index contributed by atoms with van der Waals surface area (Å²) in [6.07, 6.45) is 3.19. The molecular weight excluding hydrogens is 204 g/mol. The highest BCUT2D eigenvalue weighted by molar-refractivity contribution is 5.61. The van der Waals surface area contributed by atoms with Crippen LogP contribution in [0.5, 0.6) is 0 Å². The summed E-state index contributed by atoms with van der Waals surface area (Å²) in [6, 6.07) is 3.57. The van der Waals surface area contributed by atoms with E-state index in [1.54, 1.807) is 6.07 Å². The van der Waals surface area contributed by atoms with Gasteiger partial charge in [0, 0.05) is 13.2 Å². The van der Waals surface area contributed by atoms with Crippen molar-refractivity contribution in [2.24, 2.45) is 5.41 Å². The first-order valence-electron chi connectivity index (χ1n) is 5.52. The minimum absolute atomic E-state index is 0.249. The molecule has 88 valence electrons. The number of nitrogens with two attached hydrogens (primary N) is 2. The predicted octanol–water partition coefficient (Wildman–Crippen LogP) is 0.821. The van der Waals surface area contributed by atoms with Gasteiger partial charge in [-0.05, 0) is 36.8 Å². The van der Waals surface area contributed by atoms with Gasteiger partial charge >= 0.3 is 0 Å². The third kappa shape index (κ3) is 2.36. The zero-order valence-electron chi connectivity index (χ0n) is 9.24. The van der Waals surface area contributed by atoms with Gasteiger partial charge in [0.15, 0.2) is 0 Å². The Morgan fingerprint density at radius 2 is 2.12 bits per heavy atom. The number of nitrogens with zero attached hydrogens (tertiary/aromatic N) is 1. The number of nitrogen functional groups attached to an aromatic ring is 2. The monoisotopic (exact) mass is 222 g/mol. The Balaban J connectivity index is 1.92. The molecule has 0 bridgehead atoms. The van der Waals surface area contributed by atoms with Crippen LogP contribution in [0.1, 0.15) is 19.3 Å². The van der Waals surface area contributed by atoms with E-state index >= 15 is 0 Å². The van der Waals surface area contributed by atoms with E-state index in [0.29, 0.717) is 11.5 Å². The van der Waals surface area contributed by atoms with Crippen molar-refractivity contribution in [3.05, 3.63) is 12.1 Å². The molecule has 1 fully saturated rings. The van der Waals surface area contributed by atoms with E-state index in [4.69, 9.17) is 16.6 Å². The van der Waals surface area contributed by atoms with E-state index in [9.17, 15) is 0 Å². The summed E-state index contributed by atoms with van der Waals surface area (Å²) in [5.41, 5.74) is 12.0. The number of aliphatic hydroxyl groups is 1. The molecule has 6 N–H and O–H groups in total. The van der Waals surface area contributed by atoms with Crippen LogP contribution in [0.25, 0.3) is 0 Å². The molecule has 0 unspecified atom stereocenters. The smallest absolute Gasteiger partial charge is 0.149 e. The Hall–Kier alpha value is -1.49. The zero-order valence-corrected chi connectivity index (χ0v) is 9.24. The SMILES string of the molecule is Nc1ccc(NCC2(CCO)CC2)nc1N. The molecule has 1 aliphatic rings. The average Bonchev–Trinajstić information content (AvgIpc) is 3.01. The van der Waals surface area contributed by atoms with Crippen LogP contribution in [-0.2, 0) is 0 Å². The summed E-state index contributed by atoms with van der Waals surface area (Å²) >= 11 is 0. The van der Waals surface area contributed by atoms with Crippen LogP contribution < -0.4 is 16.8 Å². The molecule has 0 atom stereocenters. The van der Waals surface area contributed by atoms with Gasteiger partial charge in [-0.3, -0.25) is 0 Å². The molecule has 1 aromatic heterocycles. The lowest BCUT2D eigenvalue weighted by atomic mass is 10.0. The predicted molar refractivity (Wildman–Crippen MR) is 64.9 cm³/mol. The van der Waals surface area contributed by atoms with Crippen LogP contribution in [-0.4, -0.2) is 23.2 Å². The maximum Gasteiger partial charge on any atom is 0.149 e. The van der Waals surface area contributed by atoms with E-state index in [0.717, 1.165) is 18.8 Å². The molecule has 0 spiro atoms. The van der Waals surface area contributed by atoms with Crippen LogP contribution in [0.15, 0.2) is 12.1 Å². The van der Waals surface area contributed by atoms with E-state index in [1.807, 2.05) is 6.07 Å². The molecule has 0 aliphatic heterocycles. The third-order valence-electron chi connectivity index (χ3n) is 3.20. The molecule has 5 nitrogen and oxygen atoms in total. The molecule has 5 heteroatoms. The van der Waals surface area contributed by atoms with Crippen molar-refractivity contribution < 1.29 is 5.11 Å². The summed E-state index contributed by atoms with van der Waals surface area (Å²) < 4.78 is 0. The highest BCUT2D eigenvalue weighted by Gasteiger charge is 2.41. The second-order valence-corrected chi connectivity index (χ2v) is 4.50. The van der Waals surface area contributed by atoms with Gasteiger partial charge in [-0.25, -0.2) is 4.98 Å². The molecule has 1 saturated carbocycles. The van der Waals surface area contributed by atoms with Gasteiger partial charge in [0.05, 0.1) is 5.69 Å². The molecule has 1 heterocycles. The third-order valence-corrected chi connectivity index (χ3v) is 3.20. The number of hydrogen-bond donors (Lipinski definition) is 4. The summed E-state index contributed by atoms with van der Waals surface area (Å²) in [6.45, 7) is 1.09. The van der Waals surface area contributed by atoms with E-state index < -0.39 is 0 Å². The lowest BCUT2D eigenvalue weighted by molar-refractivity contribution is 0.253. The second-order valence-electron chi connectivity index (χ2n) is 4.50.